The van der Waals surface area contributed by atoms with E-state index in [9.17, 15) is 19.1 Å². The summed E-state index contributed by atoms with van der Waals surface area (Å²) < 4.78 is 27.2. The molecule has 2 unspecified atom stereocenters. The van der Waals surface area contributed by atoms with Crippen molar-refractivity contribution in [3.8, 4) is 5.88 Å². The van der Waals surface area contributed by atoms with Crippen molar-refractivity contribution in [2.45, 2.75) is 57.7 Å². The van der Waals surface area contributed by atoms with Crippen LogP contribution in [0.1, 0.15) is 56.5 Å². The normalized spacial score (nSPS) is 21.4. The number of aromatic nitrogens is 4. The highest BCUT2D eigenvalue weighted by Gasteiger charge is 2.65. The van der Waals surface area contributed by atoms with E-state index >= 15 is 0 Å². The minimum absolute atomic E-state index is 0.00506. The summed E-state index contributed by atoms with van der Waals surface area (Å²) in [5.74, 6) is -0.993. The van der Waals surface area contributed by atoms with Crippen LogP contribution in [0.3, 0.4) is 0 Å². The fourth-order valence-corrected chi connectivity index (χ4v) is 5.10. The lowest BCUT2D eigenvalue weighted by atomic mass is 10.0. The molecule has 2 aliphatic rings. The van der Waals surface area contributed by atoms with E-state index in [1.807, 2.05) is 4.90 Å². The predicted molar refractivity (Wildman–Crippen MR) is 130 cm³/mol. The van der Waals surface area contributed by atoms with Gasteiger partial charge in [0, 0.05) is 24.5 Å². The van der Waals surface area contributed by atoms with Crippen molar-refractivity contribution in [3.05, 3.63) is 47.7 Å². The summed E-state index contributed by atoms with van der Waals surface area (Å²) in [6, 6.07) is 2.65. The number of nitrogens with one attached hydrogen (secondary N) is 1. The minimum Gasteiger partial charge on any atom is -0.477 e. The van der Waals surface area contributed by atoms with Crippen LogP contribution in [0.15, 0.2) is 30.7 Å². The van der Waals surface area contributed by atoms with Crippen LogP contribution in [0, 0.1) is 11.7 Å². The molecule has 2 fully saturated rings. The molecule has 1 aliphatic carbocycles. The Kier molecular flexibility index (Phi) is 5.92. The average Bonchev–Trinajstić information content (AvgIpc) is 3.22. The summed E-state index contributed by atoms with van der Waals surface area (Å²) in [6.07, 6.45) is 5.13. The molecule has 4 heterocycles. The molecule has 0 aromatic carbocycles. The average molecular weight is 513 g/mol. The van der Waals surface area contributed by atoms with Crippen molar-refractivity contribution in [3.63, 3.8) is 0 Å². The van der Waals surface area contributed by atoms with Gasteiger partial charge in [-0.25, -0.2) is 28.5 Å². The topological polar surface area (TPSA) is 131 Å². The van der Waals surface area contributed by atoms with Crippen LogP contribution < -0.4 is 15.0 Å². The Labute approximate surface area is 212 Å². The highest BCUT2D eigenvalue weighted by molar-refractivity contribution is 6.00. The molecule has 11 nitrogen and oxygen atoms in total. The van der Waals surface area contributed by atoms with Crippen molar-refractivity contribution >= 4 is 23.5 Å². The van der Waals surface area contributed by atoms with E-state index in [1.165, 1.54) is 16.8 Å². The Morgan fingerprint density at radius 2 is 2.14 bits per heavy atom. The minimum atomic E-state index is -1.14. The number of halogens is 1. The molecule has 196 valence electrons. The summed E-state index contributed by atoms with van der Waals surface area (Å²) in [5.41, 5.74) is -0.575. The number of fused-ring (bicyclic) bond motifs is 2. The fraction of sp³-hybridized carbons (Fsp3) is 0.480. The second-order valence-corrected chi connectivity index (χ2v) is 10.5. The van der Waals surface area contributed by atoms with Crippen LogP contribution in [0.25, 0.3) is 5.65 Å². The maximum absolute atomic E-state index is 14.5. The molecule has 37 heavy (non-hydrogen) atoms. The molecule has 1 saturated heterocycles. The van der Waals surface area contributed by atoms with E-state index < -0.39 is 35.1 Å². The van der Waals surface area contributed by atoms with Crippen LogP contribution >= 0.6 is 0 Å². The lowest BCUT2D eigenvalue weighted by molar-refractivity contribution is 0.0492. The summed E-state index contributed by atoms with van der Waals surface area (Å²) >= 11 is 0. The number of hydrogen-bond acceptors (Lipinski definition) is 8. The second kappa shape index (κ2) is 8.86. The first kappa shape index (κ1) is 24.7. The number of hydrogen-bond donors (Lipinski definition) is 2. The van der Waals surface area contributed by atoms with Gasteiger partial charge in [0.15, 0.2) is 11.5 Å². The number of nitrogens with zero attached hydrogens (tertiary/aromatic N) is 5. The van der Waals surface area contributed by atoms with Crippen LogP contribution in [-0.4, -0.2) is 61.5 Å². The zero-order chi connectivity index (χ0) is 26.5. The quantitative estimate of drug-likeness (QED) is 0.489. The molecular weight excluding hydrogens is 483 g/mol. The van der Waals surface area contributed by atoms with Gasteiger partial charge in [0.1, 0.15) is 23.6 Å². The third kappa shape index (κ3) is 4.51. The highest BCUT2D eigenvalue weighted by atomic mass is 19.1. The Morgan fingerprint density at radius 1 is 1.35 bits per heavy atom. The van der Waals surface area contributed by atoms with Crippen LogP contribution in [0.5, 0.6) is 5.88 Å². The molecule has 1 saturated carbocycles. The number of ether oxygens (including phenoxy) is 2. The number of pyridine rings is 1. The van der Waals surface area contributed by atoms with E-state index in [4.69, 9.17) is 9.47 Å². The van der Waals surface area contributed by atoms with Crippen LogP contribution in [0.2, 0.25) is 0 Å². The SMILES string of the molecule is C[C@H](COc1ncc(F)cc1C12CC1CCN2c1nn2cccnc2c1C(=O)O)NC(=O)OC(C)(C)C. The monoisotopic (exact) mass is 512 g/mol. The Balaban J connectivity index is 1.44. The van der Waals surface area contributed by atoms with Gasteiger partial charge in [-0.15, -0.1) is 5.10 Å². The van der Waals surface area contributed by atoms with Crippen molar-refractivity contribution < 1.29 is 28.6 Å². The number of carbonyl (C=O) groups excluding carboxylic acids is 1. The largest absolute Gasteiger partial charge is 0.477 e. The molecule has 12 heteroatoms. The standard InChI is InChI=1S/C25H29FN6O5/c1-14(29-23(35)37-24(2,3)4)13-36-21-17(10-16(26)12-28-21)25-11-15(25)6-9-31(25)20-18(22(33)34)19-27-7-5-8-32(19)30-20/h5,7-8,10,12,14-15H,6,9,11,13H2,1-4H3,(H,29,35)(H,33,34)/t14-,15?,25?/m1/s1. The molecule has 1 aliphatic heterocycles. The first-order valence-electron chi connectivity index (χ1n) is 12.1. The van der Waals surface area contributed by atoms with E-state index in [1.54, 1.807) is 40.0 Å². The Hall–Kier alpha value is -3.96. The molecule has 0 bridgehead atoms. The van der Waals surface area contributed by atoms with Gasteiger partial charge >= 0.3 is 12.1 Å². The predicted octanol–water partition coefficient (Wildman–Crippen LogP) is 3.38. The van der Waals surface area contributed by atoms with Gasteiger partial charge in [-0.1, -0.05) is 0 Å². The number of aromatic carboxylic acids is 1. The van der Waals surface area contributed by atoms with Gasteiger partial charge in [-0.2, -0.15) is 0 Å². The third-order valence-corrected chi connectivity index (χ3v) is 6.62. The molecule has 5 rings (SSSR count). The molecular formula is C25H29FN6O5. The van der Waals surface area contributed by atoms with Crippen LogP contribution in [0.4, 0.5) is 15.0 Å². The van der Waals surface area contributed by atoms with Gasteiger partial charge in [-0.3, -0.25) is 0 Å². The van der Waals surface area contributed by atoms with Gasteiger partial charge in [0.25, 0.3) is 0 Å². The lowest BCUT2D eigenvalue weighted by Gasteiger charge is -2.30. The molecule has 2 N–H and O–H groups in total. The van der Waals surface area contributed by atoms with E-state index in [2.05, 4.69) is 20.4 Å². The second-order valence-electron chi connectivity index (χ2n) is 10.5. The summed E-state index contributed by atoms with van der Waals surface area (Å²) in [5, 5.41) is 17.2. The molecule has 0 radical (unpaired) electrons. The van der Waals surface area contributed by atoms with Crippen molar-refractivity contribution in [2.75, 3.05) is 18.1 Å². The maximum atomic E-state index is 14.5. The highest BCUT2D eigenvalue weighted by Crippen LogP contribution is 2.65. The number of rotatable bonds is 7. The maximum Gasteiger partial charge on any atom is 0.407 e. The van der Waals surface area contributed by atoms with Gasteiger partial charge in [-0.05, 0) is 58.6 Å². The lowest BCUT2D eigenvalue weighted by Crippen LogP contribution is -2.40. The number of anilines is 1. The van der Waals surface area contributed by atoms with Crippen molar-refractivity contribution in [1.82, 2.24) is 24.9 Å². The number of alkyl carbamates (subject to hydrolysis) is 1. The molecule has 3 atom stereocenters. The number of piperidine rings is 1. The van der Waals surface area contributed by atoms with E-state index in [0.29, 0.717) is 18.5 Å². The van der Waals surface area contributed by atoms with E-state index in [-0.39, 0.29) is 35.4 Å². The number of carboxylic acids is 1. The Bertz CT molecular complexity index is 1370. The van der Waals surface area contributed by atoms with Crippen LogP contribution in [-0.2, 0) is 10.3 Å². The van der Waals surface area contributed by atoms with Crippen molar-refractivity contribution in [2.24, 2.45) is 5.92 Å². The number of amides is 1. The van der Waals surface area contributed by atoms with Gasteiger partial charge in [0.05, 0.1) is 17.8 Å². The van der Waals surface area contributed by atoms with Gasteiger partial charge in [0.2, 0.25) is 5.88 Å². The number of carboxylic acid groups (broad SMARTS) is 1. The van der Waals surface area contributed by atoms with E-state index in [0.717, 1.165) is 12.6 Å². The third-order valence-electron chi connectivity index (χ3n) is 6.62. The zero-order valence-corrected chi connectivity index (χ0v) is 21.1. The van der Waals surface area contributed by atoms with Crippen molar-refractivity contribution in [1.29, 1.82) is 0 Å². The molecule has 3 aromatic rings. The zero-order valence-electron chi connectivity index (χ0n) is 21.1. The summed E-state index contributed by atoms with van der Waals surface area (Å²) in [6.45, 7) is 7.70. The smallest absolute Gasteiger partial charge is 0.407 e. The fourth-order valence-electron chi connectivity index (χ4n) is 5.10. The molecule has 1 amide bonds. The van der Waals surface area contributed by atoms with Gasteiger partial charge < -0.3 is 24.8 Å². The Morgan fingerprint density at radius 3 is 2.84 bits per heavy atom. The summed E-state index contributed by atoms with van der Waals surface area (Å²) in [7, 11) is 0. The summed E-state index contributed by atoms with van der Waals surface area (Å²) in [4.78, 5) is 34.7. The first-order chi connectivity index (χ1) is 17.5. The molecule has 3 aromatic heterocycles. The molecule has 0 spiro atoms. The first-order valence-corrected chi connectivity index (χ1v) is 12.1. The number of carbonyl (C=O) groups is 2.